The van der Waals surface area contributed by atoms with E-state index >= 15 is 0 Å². The van der Waals surface area contributed by atoms with E-state index in [1.807, 2.05) is 4.90 Å². The highest BCUT2D eigenvalue weighted by atomic mass is 16.5. The first-order chi connectivity index (χ1) is 10.5. The van der Waals surface area contributed by atoms with E-state index < -0.39 is 0 Å². The zero-order valence-electron chi connectivity index (χ0n) is 13.9. The van der Waals surface area contributed by atoms with Crippen LogP contribution < -0.4 is 0 Å². The van der Waals surface area contributed by atoms with Gasteiger partial charge in [-0.05, 0) is 70.1 Å². The molecule has 3 aliphatic rings. The van der Waals surface area contributed by atoms with Crippen LogP contribution in [0.25, 0.3) is 0 Å². The van der Waals surface area contributed by atoms with Gasteiger partial charge in [0.1, 0.15) is 0 Å². The van der Waals surface area contributed by atoms with Gasteiger partial charge in [0.25, 0.3) is 5.91 Å². The van der Waals surface area contributed by atoms with Crippen LogP contribution in [0.4, 0.5) is 0 Å². The van der Waals surface area contributed by atoms with Gasteiger partial charge in [0.2, 0.25) is 0 Å². The van der Waals surface area contributed by atoms with E-state index in [0.717, 1.165) is 24.7 Å². The minimum absolute atomic E-state index is 0.0269. The number of fused-ring (bicyclic) bond motifs is 2. The molecule has 0 spiro atoms. The number of carbonyl (C=O) groups excluding carboxylic acids is 2. The lowest BCUT2D eigenvalue weighted by Crippen LogP contribution is -2.49. The molecule has 0 N–H and O–H groups in total. The molecule has 1 heterocycles. The highest BCUT2D eigenvalue weighted by Crippen LogP contribution is 2.49. The van der Waals surface area contributed by atoms with Crippen LogP contribution in [0.15, 0.2) is 0 Å². The Morgan fingerprint density at radius 2 is 1.77 bits per heavy atom. The van der Waals surface area contributed by atoms with Crippen LogP contribution in [-0.2, 0) is 14.3 Å². The van der Waals surface area contributed by atoms with E-state index in [1.54, 1.807) is 0 Å². The van der Waals surface area contributed by atoms with Gasteiger partial charge in [-0.15, -0.1) is 0 Å². The first-order valence-corrected chi connectivity index (χ1v) is 9.01. The Morgan fingerprint density at radius 3 is 2.36 bits per heavy atom. The molecular weight excluding hydrogens is 278 g/mol. The fourth-order valence-corrected chi connectivity index (χ4v) is 5.03. The molecule has 1 saturated heterocycles. The molecule has 1 aliphatic heterocycles. The topological polar surface area (TPSA) is 46.6 Å². The normalized spacial score (nSPS) is 37.4. The minimum Gasteiger partial charge on any atom is -0.456 e. The average Bonchev–Trinajstić information content (AvgIpc) is 3.07. The fourth-order valence-electron chi connectivity index (χ4n) is 5.03. The minimum atomic E-state index is -0.178. The third kappa shape index (κ3) is 3.31. The Labute approximate surface area is 133 Å². The summed E-state index contributed by atoms with van der Waals surface area (Å²) < 4.78 is 5.29. The van der Waals surface area contributed by atoms with Gasteiger partial charge in [0.15, 0.2) is 6.61 Å². The van der Waals surface area contributed by atoms with Gasteiger partial charge in [-0.1, -0.05) is 6.42 Å². The third-order valence-electron chi connectivity index (χ3n) is 6.15. The molecule has 5 atom stereocenters. The Bertz CT molecular complexity index is 426. The quantitative estimate of drug-likeness (QED) is 0.750. The first kappa shape index (κ1) is 15.8. The molecule has 2 bridgehead atoms. The van der Waals surface area contributed by atoms with Crippen molar-refractivity contribution in [3.63, 3.8) is 0 Å². The summed E-state index contributed by atoms with van der Waals surface area (Å²) in [4.78, 5) is 26.3. The number of hydrogen-bond donors (Lipinski definition) is 0. The van der Waals surface area contributed by atoms with Crippen molar-refractivity contribution in [1.29, 1.82) is 0 Å². The summed E-state index contributed by atoms with van der Waals surface area (Å²) in [6.45, 7) is 4.10. The molecule has 0 unspecified atom stereocenters. The molecule has 0 radical (unpaired) electrons. The number of esters is 1. The summed E-state index contributed by atoms with van der Waals surface area (Å²) in [7, 11) is 0. The zero-order chi connectivity index (χ0) is 15.7. The fraction of sp³-hybridized carbons (Fsp3) is 0.889. The van der Waals surface area contributed by atoms with Crippen molar-refractivity contribution in [2.45, 2.75) is 77.3 Å². The van der Waals surface area contributed by atoms with Crippen molar-refractivity contribution >= 4 is 11.9 Å². The molecule has 3 rings (SSSR count). The second-order valence-corrected chi connectivity index (χ2v) is 7.73. The van der Waals surface area contributed by atoms with Crippen molar-refractivity contribution in [1.82, 2.24) is 4.90 Å². The summed E-state index contributed by atoms with van der Waals surface area (Å²) in [6.07, 6.45) is 8.91. The van der Waals surface area contributed by atoms with Gasteiger partial charge >= 0.3 is 5.97 Å². The van der Waals surface area contributed by atoms with Gasteiger partial charge in [-0.3, -0.25) is 9.59 Å². The van der Waals surface area contributed by atoms with E-state index in [-0.39, 0.29) is 30.6 Å². The van der Waals surface area contributed by atoms with E-state index in [4.69, 9.17) is 4.74 Å². The monoisotopic (exact) mass is 307 g/mol. The first-order valence-electron chi connectivity index (χ1n) is 9.01. The highest BCUT2D eigenvalue weighted by molar-refractivity contribution is 5.81. The Morgan fingerprint density at radius 1 is 1.05 bits per heavy atom. The summed E-state index contributed by atoms with van der Waals surface area (Å²) in [5.41, 5.74) is 0. The van der Waals surface area contributed by atoms with Crippen LogP contribution in [0.1, 0.15) is 65.2 Å². The van der Waals surface area contributed by atoms with Gasteiger partial charge in [0, 0.05) is 18.5 Å². The molecule has 22 heavy (non-hydrogen) atoms. The van der Waals surface area contributed by atoms with Crippen LogP contribution in [0.3, 0.4) is 0 Å². The number of ether oxygens (including phenoxy) is 1. The van der Waals surface area contributed by atoms with Crippen LogP contribution in [0.5, 0.6) is 0 Å². The van der Waals surface area contributed by atoms with Crippen LogP contribution in [-0.4, -0.2) is 35.5 Å². The van der Waals surface area contributed by atoms with Gasteiger partial charge < -0.3 is 9.64 Å². The zero-order valence-corrected chi connectivity index (χ0v) is 13.9. The molecule has 4 heteroatoms. The van der Waals surface area contributed by atoms with E-state index in [0.29, 0.717) is 12.3 Å². The largest absolute Gasteiger partial charge is 0.456 e. The van der Waals surface area contributed by atoms with E-state index in [2.05, 4.69) is 13.8 Å². The number of nitrogens with zero attached hydrogens (tertiary/aromatic N) is 1. The second kappa shape index (κ2) is 6.59. The van der Waals surface area contributed by atoms with Gasteiger partial charge in [-0.25, -0.2) is 0 Å². The van der Waals surface area contributed by atoms with E-state index in [1.165, 1.54) is 32.1 Å². The Kier molecular flexibility index (Phi) is 4.74. The molecule has 4 nitrogen and oxygen atoms in total. The lowest BCUT2D eigenvalue weighted by Gasteiger charge is -2.38. The number of carbonyl (C=O) groups is 2. The van der Waals surface area contributed by atoms with Crippen molar-refractivity contribution in [2.75, 3.05) is 6.61 Å². The second-order valence-electron chi connectivity index (χ2n) is 7.73. The number of likely N-dealkylation sites (tertiary alicyclic amines) is 1. The van der Waals surface area contributed by atoms with Crippen molar-refractivity contribution in [3.05, 3.63) is 0 Å². The molecule has 0 aromatic heterocycles. The molecule has 124 valence electrons. The predicted octanol–water partition coefficient (Wildman–Crippen LogP) is 3.15. The molecule has 2 aliphatic carbocycles. The van der Waals surface area contributed by atoms with Gasteiger partial charge in [-0.2, -0.15) is 0 Å². The van der Waals surface area contributed by atoms with Crippen LogP contribution in [0, 0.1) is 17.8 Å². The Balaban J connectivity index is 1.43. The standard InChI is InChI=1S/C18H29NO3/c1-12-4-3-5-13(2)19(12)17(20)11-22-18(21)10-16-9-14-6-7-15(16)8-14/h12-16H,3-11H2,1-2H3/t12-,13-,14+,15+,16+/m1/s1. The SMILES string of the molecule is C[C@@H]1CCC[C@@H](C)N1C(=O)COC(=O)C[C@@H]1C[C@H]2CC[C@H]1C2. The average molecular weight is 307 g/mol. The van der Waals surface area contributed by atoms with Gasteiger partial charge in [0.05, 0.1) is 0 Å². The summed E-state index contributed by atoms with van der Waals surface area (Å²) in [6, 6.07) is 0.529. The molecule has 0 aromatic rings. The Hall–Kier alpha value is -1.06. The molecule has 0 aromatic carbocycles. The number of rotatable bonds is 4. The van der Waals surface area contributed by atoms with E-state index in [9.17, 15) is 9.59 Å². The molecular formula is C18H29NO3. The molecule has 3 fully saturated rings. The predicted molar refractivity (Wildman–Crippen MR) is 84.1 cm³/mol. The number of piperidine rings is 1. The third-order valence-corrected chi connectivity index (χ3v) is 6.15. The van der Waals surface area contributed by atoms with Crippen molar-refractivity contribution in [3.8, 4) is 0 Å². The van der Waals surface area contributed by atoms with Crippen LogP contribution in [0.2, 0.25) is 0 Å². The molecule has 1 amide bonds. The summed E-state index contributed by atoms with van der Waals surface area (Å²) >= 11 is 0. The highest BCUT2D eigenvalue weighted by Gasteiger charge is 2.40. The lowest BCUT2D eigenvalue weighted by atomic mass is 9.86. The maximum atomic E-state index is 12.3. The summed E-state index contributed by atoms with van der Waals surface area (Å²) in [5, 5.41) is 0. The maximum Gasteiger partial charge on any atom is 0.306 e. The smallest absolute Gasteiger partial charge is 0.306 e. The number of hydrogen-bond acceptors (Lipinski definition) is 3. The van der Waals surface area contributed by atoms with Crippen molar-refractivity contribution in [2.24, 2.45) is 17.8 Å². The maximum absolute atomic E-state index is 12.3. The molecule has 2 saturated carbocycles. The lowest BCUT2D eigenvalue weighted by molar-refractivity contribution is -0.155. The van der Waals surface area contributed by atoms with Crippen molar-refractivity contribution < 1.29 is 14.3 Å². The van der Waals surface area contributed by atoms with Crippen LogP contribution >= 0.6 is 0 Å². The number of amides is 1. The summed E-state index contributed by atoms with van der Waals surface area (Å²) in [5.74, 6) is 1.88.